The molecular formula is C26H29NO3. The molecule has 0 unspecified atom stereocenters. The number of benzene rings is 2. The lowest BCUT2D eigenvalue weighted by atomic mass is 9.69. The van der Waals surface area contributed by atoms with E-state index < -0.39 is 0 Å². The van der Waals surface area contributed by atoms with Gasteiger partial charge in [0.1, 0.15) is 5.78 Å². The number of carbonyl (C=O) groups excluding carboxylic acids is 1. The lowest BCUT2D eigenvalue weighted by Gasteiger charge is -2.33. The molecule has 4 heteroatoms. The van der Waals surface area contributed by atoms with Crippen molar-refractivity contribution in [3.8, 4) is 23.3 Å². The fourth-order valence-corrected chi connectivity index (χ4v) is 4.50. The van der Waals surface area contributed by atoms with Crippen LogP contribution >= 0.6 is 0 Å². The van der Waals surface area contributed by atoms with Crippen LogP contribution in [0.4, 0.5) is 5.69 Å². The van der Waals surface area contributed by atoms with Gasteiger partial charge >= 0.3 is 0 Å². The summed E-state index contributed by atoms with van der Waals surface area (Å²) < 4.78 is 11.9. The molecule has 156 valence electrons. The molecule has 2 fully saturated rings. The van der Waals surface area contributed by atoms with E-state index in [4.69, 9.17) is 15.2 Å². The maximum Gasteiger partial charge on any atom is 0.161 e. The van der Waals surface area contributed by atoms with Gasteiger partial charge in [-0.3, -0.25) is 4.79 Å². The molecule has 0 heterocycles. The van der Waals surface area contributed by atoms with E-state index >= 15 is 0 Å². The van der Waals surface area contributed by atoms with Crippen LogP contribution in [0.1, 0.15) is 62.5 Å². The molecule has 2 aliphatic rings. The van der Waals surface area contributed by atoms with Gasteiger partial charge in [0, 0.05) is 24.1 Å². The monoisotopic (exact) mass is 403 g/mol. The SMILES string of the molecule is COc1ccc(C2(C#Cc3cccc(N)c3)CCC(=O)CC2)cc1OC1CCCC1. The Bertz CT molecular complexity index is 969. The smallest absolute Gasteiger partial charge is 0.161 e. The standard InChI is InChI=1S/C26H29NO3/c1-29-24-10-9-20(18-25(24)30-23-7-2-3-8-23)26(15-12-22(28)13-16-26)14-11-19-5-4-6-21(27)17-19/h4-6,9-10,17-18,23H,2-3,7-8,12-13,15-16,27H2,1H3. The van der Waals surface area contributed by atoms with E-state index in [1.165, 1.54) is 12.8 Å². The first-order valence-corrected chi connectivity index (χ1v) is 10.8. The van der Waals surface area contributed by atoms with Gasteiger partial charge in [-0.25, -0.2) is 0 Å². The molecule has 0 atom stereocenters. The Morgan fingerprint density at radius 2 is 1.80 bits per heavy atom. The number of hydrogen-bond acceptors (Lipinski definition) is 4. The van der Waals surface area contributed by atoms with E-state index in [-0.39, 0.29) is 11.5 Å². The summed E-state index contributed by atoms with van der Waals surface area (Å²) in [7, 11) is 1.67. The first kappa shape index (κ1) is 20.3. The van der Waals surface area contributed by atoms with E-state index in [9.17, 15) is 4.79 Å². The van der Waals surface area contributed by atoms with Crippen LogP contribution in [0.25, 0.3) is 0 Å². The minimum absolute atomic E-state index is 0.247. The number of carbonyl (C=O) groups is 1. The molecular weight excluding hydrogens is 374 g/mol. The van der Waals surface area contributed by atoms with Crippen molar-refractivity contribution < 1.29 is 14.3 Å². The summed E-state index contributed by atoms with van der Waals surface area (Å²) in [6.07, 6.45) is 7.38. The molecule has 0 radical (unpaired) electrons. The second kappa shape index (κ2) is 8.83. The van der Waals surface area contributed by atoms with Gasteiger partial charge in [0.25, 0.3) is 0 Å². The third kappa shape index (κ3) is 4.46. The highest BCUT2D eigenvalue weighted by atomic mass is 16.5. The fourth-order valence-electron chi connectivity index (χ4n) is 4.50. The molecule has 2 aliphatic carbocycles. The number of Topliss-reactive ketones (excluding diaryl/α,β-unsaturated/α-hetero) is 1. The predicted octanol–water partition coefficient (Wildman–Crippen LogP) is 5.03. The number of ketones is 1. The molecule has 0 spiro atoms. The summed E-state index contributed by atoms with van der Waals surface area (Å²) in [6, 6.07) is 13.8. The molecule has 0 saturated heterocycles. The highest BCUT2D eigenvalue weighted by Crippen LogP contribution is 2.42. The molecule has 2 saturated carbocycles. The molecule has 30 heavy (non-hydrogen) atoms. The van der Waals surface area contributed by atoms with Gasteiger partial charge in [-0.15, -0.1) is 0 Å². The van der Waals surface area contributed by atoms with Crippen LogP contribution < -0.4 is 15.2 Å². The Morgan fingerprint density at radius 1 is 1.03 bits per heavy atom. The first-order valence-electron chi connectivity index (χ1n) is 10.8. The summed E-state index contributed by atoms with van der Waals surface area (Å²) in [5, 5.41) is 0. The summed E-state index contributed by atoms with van der Waals surface area (Å²) in [5.41, 5.74) is 8.23. The van der Waals surface area contributed by atoms with Crippen molar-refractivity contribution in [2.75, 3.05) is 12.8 Å². The molecule has 0 bridgehead atoms. The van der Waals surface area contributed by atoms with Crippen LogP contribution in [0.15, 0.2) is 42.5 Å². The van der Waals surface area contributed by atoms with Crippen LogP contribution in [0.3, 0.4) is 0 Å². The Balaban J connectivity index is 1.71. The highest BCUT2D eigenvalue weighted by molar-refractivity contribution is 5.80. The predicted molar refractivity (Wildman–Crippen MR) is 119 cm³/mol. The summed E-state index contributed by atoms with van der Waals surface area (Å²) in [4.78, 5) is 12.0. The molecule has 4 rings (SSSR count). The molecule has 2 aromatic rings. The van der Waals surface area contributed by atoms with Crippen molar-refractivity contribution in [2.45, 2.75) is 62.9 Å². The van der Waals surface area contributed by atoms with Crippen molar-refractivity contribution in [3.05, 3.63) is 53.6 Å². The zero-order chi connectivity index (χ0) is 21.0. The summed E-state index contributed by atoms with van der Waals surface area (Å²) in [5.74, 6) is 8.68. The molecule has 0 amide bonds. The van der Waals surface area contributed by atoms with Crippen molar-refractivity contribution in [3.63, 3.8) is 0 Å². The van der Waals surface area contributed by atoms with Gasteiger partial charge < -0.3 is 15.2 Å². The zero-order valence-electron chi connectivity index (χ0n) is 17.6. The van der Waals surface area contributed by atoms with E-state index in [0.29, 0.717) is 24.3 Å². The second-order valence-electron chi connectivity index (χ2n) is 8.39. The number of methoxy groups -OCH3 is 1. The van der Waals surface area contributed by atoms with Crippen LogP contribution in [0, 0.1) is 11.8 Å². The molecule has 2 aromatic carbocycles. The quantitative estimate of drug-likeness (QED) is 0.574. The Hall–Kier alpha value is -2.93. The number of rotatable bonds is 4. The van der Waals surface area contributed by atoms with Crippen LogP contribution in [0.2, 0.25) is 0 Å². The van der Waals surface area contributed by atoms with Crippen molar-refractivity contribution in [1.29, 1.82) is 0 Å². The minimum Gasteiger partial charge on any atom is -0.493 e. The summed E-state index contributed by atoms with van der Waals surface area (Å²) in [6.45, 7) is 0. The average Bonchev–Trinajstić information content (AvgIpc) is 3.27. The third-order valence-electron chi connectivity index (χ3n) is 6.31. The Labute approximate surface area is 178 Å². The lowest BCUT2D eigenvalue weighted by Crippen LogP contribution is -2.30. The number of nitrogens with two attached hydrogens (primary N) is 1. The molecule has 4 nitrogen and oxygen atoms in total. The van der Waals surface area contributed by atoms with E-state index in [1.54, 1.807) is 7.11 Å². The van der Waals surface area contributed by atoms with Crippen molar-refractivity contribution in [1.82, 2.24) is 0 Å². The van der Waals surface area contributed by atoms with E-state index in [2.05, 4.69) is 24.0 Å². The first-order chi connectivity index (χ1) is 14.6. The van der Waals surface area contributed by atoms with E-state index in [1.807, 2.05) is 30.3 Å². The van der Waals surface area contributed by atoms with Crippen molar-refractivity contribution in [2.24, 2.45) is 0 Å². The minimum atomic E-state index is -0.376. The lowest BCUT2D eigenvalue weighted by molar-refractivity contribution is -0.120. The van der Waals surface area contributed by atoms with Crippen LogP contribution in [0.5, 0.6) is 11.5 Å². The van der Waals surface area contributed by atoms with Gasteiger partial charge in [-0.1, -0.05) is 24.0 Å². The highest BCUT2D eigenvalue weighted by Gasteiger charge is 2.36. The Kier molecular flexibility index (Phi) is 5.99. The Morgan fingerprint density at radius 3 is 2.50 bits per heavy atom. The normalized spacial score (nSPS) is 18.5. The number of anilines is 1. The molecule has 2 N–H and O–H groups in total. The van der Waals surface area contributed by atoms with Crippen molar-refractivity contribution >= 4 is 11.5 Å². The molecule has 0 aromatic heterocycles. The molecule has 0 aliphatic heterocycles. The summed E-state index contributed by atoms with van der Waals surface area (Å²) >= 11 is 0. The van der Waals surface area contributed by atoms with Crippen LogP contribution in [-0.2, 0) is 10.2 Å². The fraction of sp³-hybridized carbons (Fsp3) is 0.423. The van der Waals surface area contributed by atoms with Crippen LogP contribution in [-0.4, -0.2) is 19.0 Å². The van der Waals surface area contributed by atoms with E-state index in [0.717, 1.165) is 48.3 Å². The number of ether oxygens (including phenoxy) is 2. The van der Waals surface area contributed by atoms with Gasteiger partial charge in [0.2, 0.25) is 0 Å². The number of hydrogen-bond donors (Lipinski definition) is 1. The van der Waals surface area contributed by atoms with Gasteiger partial charge in [0.05, 0.1) is 18.6 Å². The maximum atomic E-state index is 12.0. The average molecular weight is 404 g/mol. The maximum absolute atomic E-state index is 12.0. The second-order valence-corrected chi connectivity index (χ2v) is 8.39. The van der Waals surface area contributed by atoms with Gasteiger partial charge in [-0.2, -0.15) is 0 Å². The topological polar surface area (TPSA) is 61.5 Å². The third-order valence-corrected chi connectivity index (χ3v) is 6.31. The van der Waals surface area contributed by atoms with Gasteiger partial charge in [0.15, 0.2) is 11.5 Å². The zero-order valence-corrected chi connectivity index (χ0v) is 17.6. The number of nitrogen functional groups attached to an aromatic ring is 1. The van der Waals surface area contributed by atoms with Gasteiger partial charge in [-0.05, 0) is 74.4 Å². The largest absolute Gasteiger partial charge is 0.493 e.